The summed E-state index contributed by atoms with van der Waals surface area (Å²) < 4.78 is 11.8. The van der Waals surface area contributed by atoms with Gasteiger partial charge in [-0.2, -0.15) is 0 Å². The Morgan fingerprint density at radius 1 is 1.38 bits per heavy atom. The number of oxime groups is 1. The second-order valence-corrected chi connectivity index (χ2v) is 4.18. The van der Waals surface area contributed by atoms with Crippen LogP contribution in [0.4, 0.5) is 0 Å². The Balaban J connectivity index is 2.47. The van der Waals surface area contributed by atoms with Gasteiger partial charge in [-0.05, 0) is 28.1 Å². The molecule has 16 heavy (non-hydrogen) atoms. The Labute approximate surface area is 101 Å². The lowest BCUT2D eigenvalue weighted by molar-refractivity contribution is 0.296. The summed E-state index contributed by atoms with van der Waals surface area (Å²) in [7, 11) is 0. The summed E-state index contributed by atoms with van der Waals surface area (Å²) in [6.07, 6.45) is 0.833. The van der Waals surface area contributed by atoms with Crippen molar-refractivity contribution in [1.82, 2.24) is 0 Å². The van der Waals surface area contributed by atoms with E-state index in [1.54, 1.807) is 12.1 Å². The zero-order valence-corrected chi connectivity index (χ0v) is 10.0. The van der Waals surface area contributed by atoms with Gasteiger partial charge in [0.2, 0.25) is 0 Å². The first-order chi connectivity index (χ1) is 7.72. The maximum absolute atomic E-state index is 8.61. The van der Waals surface area contributed by atoms with E-state index in [2.05, 4.69) is 21.1 Å². The van der Waals surface area contributed by atoms with Gasteiger partial charge in [0, 0.05) is 12.0 Å². The number of halogens is 1. The van der Waals surface area contributed by atoms with Crippen LogP contribution in [0.25, 0.3) is 0 Å². The van der Waals surface area contributed by atoms with Crippen LogP contribution in [-0.4, -0.2) is 24.3 Å². The van der Waals surface area contributed by atoms with Crippen LogP contribution >= 0.6 is 15.9 Å². The largest absolute Gasteiger partial charge is 0.489 e. The van der Waals surface area contributed by atoms with Gasteiger partial charge in [-0.1, -0.05) is 5.16 Å². The van der Waals surface area contributed by atoms with Crippen molar-refractivity contribution in [2.45, 2.75) is 6.42 Å². The van der Waals surface area contributed by atoms with E-state index in [9.17, 15) is 0 Å². The second-order valence-electron chi connectivity index (χ2n) is 3.32. The number of rotatable bonds is 1. The van der Waals surface area contributed by atoms with E-state index in [0.29, 0.717) is 30.3 Å². The van der Waals surface area contributed by atoms with Crippen LogP contribution in [0, 0.1) is 0 Å². The number of nitrogens with two attached hydrogens (primary N) is 1. The van der Waals surface area contributed by atoms with Gasteiger partial charge < -0.3 is 20.4 Å². The van der Waals surface area contributed by atoms with Crippen molar-refractivity contribution in [2.24, 2.45) is 10.9 Å². The Hall–Kier alpha value is -1.43. The summed E-state index contributed by atoms with van der Waals surface area (Å²) in [5.41, 5.74) is 6.10. The highest BCUT2D eigenvalue weighted by Crippen LogP contribution is 2.38. The molecular weight excluding hydrogens is 276 g/mol. The zero-order chi connectivity index (χ0) is 11.5. The fraction of sp³-hybridized carbons (Fsp3) is 0.300. The summed E-state index contributed by atoms with van der Waals surface area (Å²) >= 11 is 3.37. The van der Waals surface area contributed by atoms with Gasteiger partial charge >= 0.3 is 0 Å². The van der Waals surface area contributed by atoms with Crippen LogP contribution in [0.1, 0.15) is 12.0 Å². The molecule has 0 amide bonds. The topological polar surface area (TPSA) is 77.1 Å². The fourth-order valence-corrected chi connectivity index (χ4v) is 1.99. The molecule has 1 heterocycles. The van der Waals surface area contributed by atoms with E-state index >= 15 is 0 Å². The number of amidine groups is 1. The lowest BCUT2D eigenvalue weighted by Crippen LogP contribution is -2.13. The standard InChI is InChI=1S/C10H11BrN2O3/c11-7-4-6(10(12)13-14)5-8-9(7)16-3-1-2-15-8/h4-5,14H,1-3H2,(H2,12,13). The first kappa shape index (κ1) is 11.1. The highest BCUT2D eigenvalue weighted by atomic mass is 79.9. The molecule has 86 valence electrons. The molecule has 6 heteroatoms. The molecule has 0 atom stereocenters. The Morgan fingerprint density at radius 2 is 2.12 bits per heavy atom. The molecule has 0 unspecified atom stereocenters. The zero-order valence-electron chi connectivity index (χ0n) is 8.44. The van der Waals surface area contributed by atoms with Crippen LogP contribution < -0.4 is 15.2 Å². The first-order valence-corrected chi connectivity index (χ1v) is 5.58. The lowest BCUT2D eigenvalue weighted by Gasteiger charge is -2.10. The third-order valence-corrected chi connectivity index (χ3v) is 2.79. The second kappa shape index (κ2) is 4.61. The van der Waals surface area contributed by atoms with Crippen molar-refractivity contribution >= 4 is 21.8 Å². The van der Waals surface area contributed by atoms with Crippen LogP contribution in [0.15, 0.2) is 21.8 Å². The predicted octanol–water partition coefficient (Wildman–Crippen LogP) is 1.70. The Bertz CT molecular complexity index is 434. The molecule has 0 bridgehead atoms. The maximum Gasteiger partial charge on any atom is 0.175 e. The number of benzene rings is 1. The molecular formula is C10H11BrN2O3. The first-order valence-electron chi connectivity index (χ1n) is 4.79. The number of hydrogen-bond donors (Lipinski definition) is 2. The van der Waals surface area contributed by atoms with E-state index in [1.165, 1.54) is 0 Å². The Kier molecular flexibility index (Phi) is 3.19. The van der Waals surface area contributed by atoms with Gasteiger partial charge in [0.25, 0.3) is 0 Å². The number of ether oxygens (including phenoxy) is 2. The van der Waals surface area contributed by atoms with E-state index in [1.807, 2.05) is 0 Å². The van der Waals surface area contributed by atoms with Gasteiger partial charge in [-0.15, -0.1) is 0 Å². The molecule has 1 aliphatic rings. The van der Waals surface area contributed by atoms with Crippen LogP contribution in [-0.2, 0) is 0 Å². The van der Waals surface area contributed by atoms with Gasteiger partial charge in [-0.25, -0.2) is 0 Å². The van der Waals surface area contributed by atoms with Gasteiger partial charge in [0.05, 0.1) is 17.7 Å². The lowest BCUT2D eigenvalue weighted by atomic mass is 10.2. The summed E-state index contributed by atoms with van der Waals surface area (Å²) in [5, 5.41) is 11.6. The SMILES string of the molecule is N/C(=N\O)c1cc(Br)c2c(c1)OCCCO2. The van der Waals surface area contributed by atoms with Crippen LogP contribution in [0.2, 0.25) is 0 Å². The molecule has 0 fully saturated rings. The Morgan fingerprint density at radius 3 is 2.88 bits per heavy atom. The monoisotopic (exact) mass is 286 g/mol. The minimum absolute atomic E-state index is 0.0383. The van der Waals surface area contributed by atoms with Crippen molar-refractivity contribution in [3.63, 3.8) is 0 Å². The van der Waals surface area contributed by atoms with Crippen LogP contribution in [0.3, 0.4) is 0 Å². The quantitative estimate of drug-likeness (QED) is 0.357. The number of nitrogens with zero attached hydrogens (tertiary/aromatic N) is 1. The molecule has 1 aromatic carbocycles. The van der Waals surface area contributed by atoms with Crippen molar-refractivity contribution in [1.29, 1.82) is 0 Å². The van der Waals surface area contributed by atoms with E-state index in [-0.39, 0.29) is 5.84 Å². The number of hydrogen-bond acceptors (Lipinski definition) is 4. The van der Waals surface area contributed by atoms with Gasteiger partial charge in [0.15, 0.2) is 17.3 Å². The molecule has 0 aliphatic carbocycles. The highest BCUT2D eigenvalue weighted by Gasteiger charge is 2.16. The smallest absolute Gasteiger partial charge is 0.175 e. The molecule has 2 rings (SSSR count). The summed E-state index contributed by atoms with van der Waals surface area (Å²) in [4.78, 5) is 0. The van der Waals surface area contributed by atoms with Crippen molar-refractivity contribution in [3.8, 4) is 11.5 Å². The van der Waals surface area contributed by atoms with E-state index in [0.717, 1.165) is 10.9 Å². The summed E-state index contributed by atoms with van der Waals surface area (Å²) in [6.45, 7) is 1.22. The molecule has 0 saturated carbocycles. The molecule has 0 radical (unpaired) electrons. The van der Waals surface area contributed by atoms with Crippen molar-refractivity contribution in [2.75, 3.05) is 13.2 Å². The molecule has 1 aromatic rings. The van der Waals surface area contributed by atoms with Crippen molar-refractivity contribution < 1.29 is 14.7 Å². The van der Waals surface area contributed by atoms with Crippen LogP contribution in [0.5, 0.6) is 11.5 Å². The fourth-order valence-electron chi connectivity index (χ4n) is 1.44. The molecule has 0 spiro atoms. The molecule has 5 nitrogen and oxygen atoms in total. The summed E-state index contributed by atoms with van der Waals surface area (Å²) in [5.74, 6) is 1.30. The molecule has 1 aliphatic heterocycles. The average molecular weight is 287 g/mol. The van der Waals surface area contributed by atoms with E-state index < -0.39 is 0 Å². The minimum Gasteiger partial charge on any atom is -0.489 e. The summed E-state index contributed by atoms with van der Waals surface area (Å²) in [6, 6.07) is 3.42. The van der Waals surface area contributed by atoms with Gasteiger partial charge in [0.1, 0.15) is 0 Å². The van der Waals surface area contributed by atoms with E-state index in [4.69, 9.17) is 20.4 Å². The molecule has 0 saturated heterocycles. The maximum atomic E-state index is 8.61. The third kappa shape index (κ3) is 2.06. The third-order valence-electron chi connectivity index (χ3n) is 2.21. The minimum atomic E-state index is 0.0383. The van der Waals surface area contributed by atoms with Crippen molar-refractivity contribution in [3.05, 3.63) is 22.2 Å². The predicted molar refractivity (Wildman–Crippen MR) is 62.3 cm³/mol. The van der Waals surface area contributed by atoms with Gasteiger partial charge in [-0.3, -0.25) is 0 Å². The highest BCUT2D eigenvalue weighted by molar-refractivity contribution is 9.10. The molecule has 3 N–H and O–H groups in total. The average Bonchev–Trinajstić information content (AvgIpc) is 2.53. The number of fused-ring (bicyclic) bond motifs is 1. The normalized spacial score (nSPS) is 15.7. The molecule has 0 aromatic heterocycles.